The highest BCUT2D eigenvalue weighted by Crippen LogP contribution is 2.14. The van der Waals surface area contributed by atoms with Gasteiger partial charge in [0.05, 0.1) is 32.5 Å². The molecule has 26 heavy (non-hydrogen) atoms. The van der Waals surface area contributed by atoms with E-state index in [4.69, 9.17) is 14.2 Å². The lowest BCUT2D eigenvalue weighted by Gasteiger charge is -2.30. The third-order valence-electron chi connectivity index (χ3n) is 4.09. The van der Waals surface area contributed by atoms with Gasteiger partial charge in [0.1, 0.15) is 6.79 Å². The molecule has 0 heterocycles. The number of hydrogen-bond acceptors (Lipinski definition) is 5. The molecule has 0 saturated carbocycles. The van der Waals surface area contributed by atoms with E-state index in [1.165, 1.54) is 11.1 Å². The molecule has 142 valence electrons. The fraction of sp³-hybridized carbons (Fsp3) is 0.429. The van der Waals surface area contributed by atoms with Gasteiger partial charge in [-0.05, 0) is 11.1 Å². The van der Waals surface area contributed by atoms with Crippen LogP contribution in [0.25, 0.3) is 0 Å². The number of benzene rings is 2. The molecule has 2 rings (SSSR count). The summed E-state index contributed by atoms with van der Waals surface area (Å²) < 4.78 is 15.9. The molecule has 2 aromatic carbocycles. The Bertz CT molecular complexity index is 538. The zero-order valence-corrected chi connectivity index (χ0v) is 15.4. The van der Waals surface area contributed by atoms with Crippen LogP contribution in [0.15, 0.2) is 60.7 Å². The van der Waals surface area contributed by atoms with Gasteiger partial charge in [-0.15, -0.1) is 0 Å². The van der Waals surface area contributed by atoms with E-state index in [0.717, 1.165) is 13.1 Å². The molecule has 1 N–H and O–H groups in total. The fourth-order valence-electron chi connectivity index (χ4n) is 2.67. The molecule has 1 atom stereocenters. The molecule has 0 fully saturated rings. The summed E-state index contributed by atoms with van der Waals surface area (Å²) in [5, 5.41) is 9.91. The Morgan fingerprint density at radius 2 is 1.42 bits per heavy atom. The van der Waals surface area contributed by atoms with Crippen LogP contribution in [-0.4, -0.2) is 56.4 Å². The molecule has 0 radical (unpaired) electrons. The monoisotopic (exact) mass is 359 g/mol. The van der Waals surface area contributed by atoms with Gasteiger partial charge in [0, 0.05) is 20.2 Å². The van der Waals surface area contributed by atoms with Gasteiger partial charge < -0.3 is 19.3 Å². The van der Waals surface area contributed by atoms with Gasteiger partial charge in [0.2, 0.25) is 0 Å². The summed E-state index contributed by atoms with van der Waals surface area (Å²) in [5.74, 6) is 0. The Labute approximate surface area is 156 Å². The van der Waals surface area contributed by atoms with Gasteiger partial charge >= 0.3 is 0 Å². The molecule has 5 heteroatoms. The van der Waals surface area contributed by atoms with Crippen molar-refractivity contribution < 1.29 is 19.3 Å². The van der Waals surface area contributed by atoms with Crippen molar-refractivity contribution in [3.8, 4) is 0 Å². The largest absolute Gasteiger partial charge is 0.395 e. The lowest BCUT2D eigenvalue weighted by Crippen LogP contribution is -2.40. The summed E-state index contributed by atoms with van der Waals surface area (Å²) in [5.41, 5.74) is 2.41. The van der Waals surface area contributed by atoms with Crippen molar-refractivity contribution in [2.75, 3.05) is 40.3 Å². The zero-order valence-electron chi connectivity index (χ0n) is 15.4. The van der Waals surface area contributed by atoms with E-state index in [9.17, 15) is 5.11 Å². The molecule has 5 nitrogen and oxygen atoms in total. The second kappa shape index (κ2) is 12.6. The molecule has 0 aliphatic heterocycles. The van der Waals surface area contributed by atoms with Crippen LogP contribution in [0.3, 0.4) is 0 Å². The van der Waals surface area contributed by atoms with Gasteiger partial charge in [0.25, 0.3) is 0 Å². The van der Waals surface area contributed by atoms with Crippen LogP contribution in [0.2, 0.25) is 0 Å². The number of aliphatic hydroxyl groups excluding tert-OH is 1. The molecule has 0 saturated heterocycles. The van der Waals surface area contributed by atoms with Crippen LogP contribution in [0.1, 0.15) is 11.1 Å². The first-order chi connectivity index (χ1) is 12.8. The molecule has 0 aromatic heterocycles. The summed E-state index contributed by atoms with van der Waals surface area (Å²) in [4.78, 5) is 2.24. The highest BCUT2D eigenvalue weighted by molar-refractivity contribution is 5.17. The fourth-order valence-corrected chi connectivity index (χ4v) is 2.67. The molecule has 0 aliphatic carbocycles. The van der Waals surface area contributed by atoms with Crippen LogP contribution >= 0.6 is 0 Å². The number of methoxy groups -OCH3 is 1. The number of nitrogens with zero attached hydrogens (tertiary/aromatic N) is 1. The predicted molar refractivity (Wildman–Crippen MR) is 102 cm³/mol. The Kier molecular flexibility index (Phi) is 9.94. The van der Waals surface area contributed by atoms with Crippen molar-refractivity contribution in [3.63, 3.8) is 0 Å². The predicted octanol–water partition coefficient (Wildman–Crippen LogP) is 2.69. The van der Waals surface area contributed by atoms with Crippen molar-refractivity contribution in [3.05, 3.63) is 71.8 Å². The van der Waals surface area contributed by atoms with Crippen LogP contribution in [-0.2, 0) is 27.3 Å². The maximum Gasteiger partial charge on any atom is 0.146 e. The maximum absolute atomic E-state index is 9.91. The Balaban J connectivity index is 1.95. The Morgan fingerprint density at radius 3 is 1.92 bits per heavy atom. The van der Waals surface area contributed by atoms with Crippen LogP contribution in [0, 0.1) is 0 Å². The molecule has 0 bridgehead atoms. The number of aliphatic hydroxyl groups is 1. The summed E-state index contributed by atoms with van der Waals surface area (Å²) >= 11 is 0. The third-order valence-corrected chi connectivity index (χ3v) is 4.09. The summed E-state index contributed by atoms with van der Waals surface area (Å²) in [6.07, 6.45) is 0. The Morgan fingerprint density at radius 1 is 0.846 bits per heavy atom. The number of hydrogen-bond donors (Lipinski definition) is 1. The second-order valence-electron chi connectivity index (χ2n) is 6.10. The van der Waals surface area contributed by atoms with Gasteiger partial charge in [-0.3, -0.25) is 4.90 Å². The van der Waals surface area contributed by atoms with E-state index >= 15 is 0 Å². The quantitative estimate of drug-likeness (QED) is 0.440. The summed E-state index contributed by atoms with van der Waals surface area (Å²) in [7, 11) is 1.64. The normalized spacial score (nSPS) is 12.4. The summed E-state index contributed by atoms with van der Waals surface area (Å²) in [6, 6.07) is 20.4. The minimum absolute atomic E-state index is 0.0255. The molecular formula is C21H29NO4. The van der Waals surface area contributed by atoms with E-state index in [-0.39, 0.29) is 19.4 Å². The van der Waals surface area contributed by atoms with E-state index in [0.29, 0.717) is 19.8 Å². The van der Waals surface area contributed by atoms with E-state index in [1.54, 1.807) is 7.11 Å². The Hall–Kier alpha value is -1.76. The van der Waals surface area contributed by atoms with E-state index in [1.807, 2.05) is 36.4 Å². The maximum atomic E-state index is 9.91. The molecule has 0 aliphatic rings. The van der Waals surface area contributed by atoms with Crippen LogP contribution < -0.4 is 0 Å². The molecule has 0 spiro atoms. The number of ether oxygens (including phenoxy) is 3. The first kappa shape index (κ1) is 20.6. The average Bonchev–Trinajstić information content (AvgIpc) is 2.69. The van der Waals surface area contributed by atoms with E-state index < -0.39 is 0 Å². The third kappa shape index (κ3) is 7.64. The highest BCUT2D eigenvalue weighted by atomic mass is 16.7. The van der Waals surface area contributed by atoms with Crippen molar-refractivity contribution >= 4 is 0 Å². The second-order valence-corrected chi connectivity index (χ2v) is 6.10. The first-order valence-corrected chi connectivity index (χ1v) is 8.90. The first-order valence-electron chi connectivity index (χ1n) is 8.90. The zero-order chi connectivity index (χ0) is 18.5. The SMILES string of the molecule is COCCOCOC[C@@H](CO)N(Cc1ccccc1)Cc1ccccc1. The topological polar surface area (TPSA) is 51.2 Å². The number of rotatable bonds is 13. The summed E-state index contributed by atoms with van der Waals surface area (Å²) in [6.45, 7) is 3.16. The van der Waals surface area contributed by atoms with Crippen molar-refractivity contribution in [1.29, 1.82) is 0 Å². The van der Waals surface area contributed by atoms with Crippen LogP contribution in [0.5, 0.6) is 0 Å². The van der Waals surface area contributed by atoms with Gasteiger partial charge in [-0.1, -0.05) is 60.7 Å². The standard InChI is InChI=1S/C21H29NO4/c1-24-12-13-25-18-26-17-21(16-23)22(14-19-8-4-2-5-9-19)15-20-10-6-3-7-11-20/h2-11,21,23H,12-18H2,1H3/t21-/m1/s1. The molecule has 0 amide bonds. The molecular weight excluding hydrogens is 330 g/mol. The van der Waals surface area contributed by atoms with E-state index in [2.05, 4.69) is 29.2 Å². The van der Waals surface area contributed by atoms with Crippen molar-refractivity contribution in [1.82, 2.24) is 4.90 Å². The minimum atomic E-state index is -0.110. The van der Waals surface area contributed by atoms with Gasteiger partial charge in [-0.25, -0.2) is 0 Å². The van der Waals surface area contributed by atoms with Crippen molar-refractivity contribution in [2.24, 2.45) is 0 Å². The van der Waals surface area contributed by atoms with Gasteiger partial charge in [-0.2, -0.15) is 0 Å². The average molecular weight is 359 g/mol. The molecule has 2 aromatic rings. The van der Waals surface area contributed by atoms with Crippen molar-refractivity contribution in [2.45, 2.75) is 19.1 Å². The minimum Gasteiger partial charge on any atom is -0.395 e. The molecule has 0 unspecified atom stereocenters. The lowest BCUT2D eigenvalue weighted by atomic mass is 10.1. The lowest BCUT2D eigenvalue weighted by molar-refractivity contribution is -0.0862. The highest BCUT2D eigenvalue weighted by Gasteiger charge is 2.19. The smallest absolute Gasteiger partial charge is 0.146 e. The van der Waals surface area contributed by atoms with Crippen LogP contribution in [0.4, 0.5) is 0 Å². The van der Waals surface area contributed by atoms with Gasteiger partial charge in [0.15, 0.2) is 0 Å².